The van der Waals surface area contributed by atoms with Gasteiger partial charge in [0.05, 0.1) is 6.57 Å². The monoisotopic (exact) mass is 352 g/mol. The summed E-state index contributed by atoms with van der Waals surface area (Å²) in [7, 11) is 0. The van der Waals surface area contributed by atoms with Crippen molar-refractivity contribution in [2.24, 2.45) is 5.92 Å². The van der Waals surface area contributed by atoms with E-state index in [2.05, 4.69) is 20.8 Å². The summed E-state index contributed by atoms with van der Waals surface area (Å²) in [6.07, 6.45) is 2.16. The van der Waals surface area contributed by atoms with Gasteiger partial charge in [-0.25, -0.2) is 4.85 Å². The second-order valence-electron chi connectivity index (χ2n) is 4.99. The number of carbonyl (C=O) groups excluding carboxylic acids is 1. The van der Waals surface area contributed by atoms with Gasteiger partial charge in [0.1, 0.15) is 0 Å². The molecule has 1 aliphatic heterocycles. The van der Waals surface area contributed by atoms with Gasteiger partial charge in [0.2, 0.25) is 11.6 Å². The fourth-order valence-corrected chi connectivity index (χ4v) is 3.75. The summed E-state index contributed by atoms with van der Waals surface area (Å²) >= 11 is 5.19. The first kappa shape index (κ1) is 15.4. The maximum absolute atomic E-state index is 11.3. The molecule has 20 heavy (non-hydrogen) atoms. The normalized spacial score (nSPS) is 15.9. The average molecular weight is 353 g/mol. The van der Waals surface area contributed by atoms with Crippen LogP contribution in [0, 0.1) is 12.5 Å². The van der Waals surface area contributed by atoms with E-state index < -0.39 is 0 Å². The number of halogens is 1. The summed E-state index contributed by atoms with van der Waals surface area (Å²) in [6.45, 7) is 10.5. The zero-order valence-electron chi connectivity index (χ0n) is 11.4. The standard InChI is InChI=1S/C15H17BrN2OS/c1-11(19)18-7-5-12(6-8-18)10-20-13-3-4-14(16)15(9-13)17-2/h3-4,9,12H,5-8,10H2,1H3. The first-order valence-corrected chi connectivity index (χ1v) is 8.43. The SMILES string of the molecule is [C-]#[N+]c1cc(SCC2CCN(C(C)=O)CC2)ccc1Br. The van der Waals surface area contributed by atoms with E-state index in [1.807, 2.05) is 34.9 Å². The molecular weight excluding hydrogens is 336 g/mol. The molecule has 1 saturated heterocycles. The van der Waals surface area contributed by atoms with Crippen LogP contribution in [-0.2, 0) is 4.79 Å². The zero-order valence-corrected chi connectivity index (χ0v) is 13.8. The van der Waals surface area contributed by atoms with Gasteiger partial charge in [0.15, 0.2) is 0 Å². The van der Waals surface area contributed by atoms with Crippen LogP contribution in [-0.4, -0.2) is 29.6 Å². The molecule has 0 bridgehead atoms. The van der Waals surface area contributed by atoms with Crippen LogP contribution in [0.15, 0.2) is 27.6 Å². The zero-order chi connectivity index (χ0) is 14.5. The molecule has 0 N–H and O–H groups in total. The molecule has 0 saturated carbocycles. The maximum atomic E-state index is 11.3. The van der Waals surface area contributed by atoms with Crippen molar-refractivity contribution in [1.82, 2.24) is 4.90 Å². The topological polar surface area (TPSA) is 24.7 Å². The summed E-state index contributed by atoms with van der Waals surface area (Å²) in [4.78, 5) is 17.9. The van der Waals surface area contributed by atoms with Gasteiger partial charge in [-0.2, -0.15) is 0 Å². The molecule has 106 valence electrons. The Bertz CT molecular complexity index is 533. The van der Waals surface area contributed by atoms with Crippen molar-refractivity contribution >= 4 is 39.3 Å². The summed E-state index contributed by atoms with van der Waals surface area (Å²) in [5.41, 5.74) is 0.668. The highest BCUT2D eigenvalue weighted by atomic mass is 79.9. The van der Waals surface area contributed by atoms with Crippen molar-refractivity contribution < 1.29 is 4.79 Å². The molecule has 1 fully saturated rings. The molecule has 0 radical (unpaired) electrons. The number of hydrogen-bond acceptors (Lipinski definition) is 2. The quantitative estimate of drug-likeness (QED) is 0.596. The van der Waals surface area contributed by atoms with Gasteiger partial charge in [-0.05, 0) is 29.7 Å². The molecule has 0 unspecified atom stereocenters. The van der Waals surface area contributed by atoms with Crippen molar-refractivity contribution in [1.29, 1.82) is 0 Å². The molecule has 0 spiro atoms. The Morgan fingerprint density at radius 3 is 2.80 bits per heavy atom. The molecule has 5 heteroatoms. The molecule has 3 nitrogen and oxygen atoms in total. The van der Waals surface area contributed by atoms with Gasteiger partial charge in [0.25, 0.3) is 0 Å². The third-order valence-corrected chi connectivity index (χ3v) is 5.48. The number of hydrogen-bond donors (Lipinski definition) is 0. The number of benzene rings is 1. The van der Waals surface area contributed by atoms with E-state index in [0.717, 1.165) is 41.1 Å². The molecule has 1 amide bonds. The number of nitrogens with zero attached hydrogens (tertiary/aromatic N) is 2. The smallest absolute Gasteiger partial charge is 0.219 e. The lowest BCUT2D eigenvalue weighted by atomic mass is 9.99. The van der Waals surface area contributed by atoms with Crippen LogP contribution in [0.4, 0.5) is 5.69 Å². The van der Waals surface area contributed by atoms with Crippen LogP contribution in [0.3, 0.4) is 0 Å². The van der Waals surface area contributed by atoms with E-state index in [0.29, 0.717) is 11.6 Å². The minimum absolute atomic E-state index is 0.186. The van der Waals surface area contributed by atoms with Gasteiger partial charge in [-0.3, -0.25) is 4.79 Å². The molecule has 1 aliphatic rings. The van der Waals surface area contributed by atoms with E-state index in [1.165, 1.54) is 0 Å². The highest BCUT2D eigenvalue weighted by Gasteiger charge is 2.20. The molecule has 1 heterocycles. The number of carbonyl (C=O) groups is 1. The van der Waals surface area contributed by atoms with Crippen molar-refractivity contribution in [3.63, 3.8) is 0 Å². The van der Waals surface area contributed by atoms with E-state index in [-0.39, 0.29) is 5.91 Å². The second kappa shape index (κ2) is 7.14. The Kier molecular flexibility index (Phi) is 5.50. The number of piperidine rings is 1. The Morgan fingerprint density at radius 2 is 2.20 bits per heavy atom. The van der Waals surface area contributed by atoms with Gasteiger partial charge in [-0.15, -0.1) is 11.8 Å². The summed E-state index contributed by atoms with van der Waals surface area (Å²) < 4.78 is 0.853. The summed E-state index contributed by atoms with van der Waals surface area (Å²) in [6, 6.07) is 5.93. The van der Waals surface area contributed by atoms with E-state index >= 15 is 0 Å². The number of likely N-dealkylation sites (tertiary alicyclic amines) is 1. The number of rotatable bonds is 3. The van der Waals surface area contributed by atoms with Crippen molar-refractivity contribution in [2.75, 3.05) is 18.8 Å². The van der Waals surface area contributed by atoms with Crippen LogP contribution in [0.1, 0.15) is 19.8 Å². The number of amides is 1. The predicted molar refractivity (Wildman–Crippen MR) is 86.1 cm³/mol. The minimum Gasteiger partial charge on any atom is -0.343 e. The lowest BCUT2D eigenvalue weighted by Crippen LogP contribution is -2.37. The van der Waals surface area contributed by atoms with Crippen molar-refractivity contribution in [2.45, 2.75) is 24.7 Å². The first-order valence-electron chi connectivity index (χ1n) is 6.65. The molecule has 1 aromatic carbocycles. The summed E-state index contributed by atoms with van der Waals surface area (Å²) in [5.74, 6) is 1.91. The highest BCUT2D eigenvalue weighted by molar-refractivity contribution is 9.10. The van der Waals surface area contributed by atoms with Crippen LogP contribution in [0.2, 0.25) is 0 Å². The van der Waals surface area contributed by atoms with Crippen molar-refractivity contribution in [3.05, 3.63) is 34.1 Å². The highest BCUT2D eigenvalue weighted by Crippen LogP contribution is 2.32. The van der Waals surface area contributed by atoms with Gasteiger partial charge in [-0.1, -0.05) is 28.1 Å². The molecule has 0 aromatic heterocycles. The molecular formula is C15H17BrN2OS. The maximum Gasteiger partial charge on any atom is 0.219 e. The summed E-state index contributed by atoms with van der Waals surface area (Å²) in [5, 5.41) is 0. The third kappa shape index (κ3) is 4.00. The molecule has 0 atom stereocenters. The Morgan fingerprint density at radius 1 is 1.50 bits per heavy atom. The van der Waals surface area contributed by atoms with E-state index in [4.69, 9.17) is 6.57 Å². The fourth-order valence-electron chi connectivity index (χ4n) is 2.30. The molecule has 1 aromatic rings. The van der Waals surface area contributed by atoms with Gasteiger partial charge < -0.3 is 4.90 Å². The Hall–Kier alpha value is -0.990. The fraction of sp³-hybridized carbons (Fsp3) is 0.467. The second-order valence-corrected chi connectivity index (χ2v) is 6.93. The van der Waals surface area contributed by atoms with E-state index in [9.17, 15) is 4.79 Å². The largest absolute Gasteiger partial charge is 0.343 e. The number of thioether (sulfide) groups is 1. The average Bonchev–Trinajstić information content (AvgIpc) is 2.46. The Labute approximate surface area is 132 Å². The third-order valence-electron chi connectivity index (χ3n) is 3.58. The molecule has 0 aliphatic carbocycles. The van der Waals surface area contributed by atoms with Crippen LogP contribution in [0.5, 0.6) is 0 Å². The van der Waals surface area contributed by atoms with Gasteiger partial charge in [0, 0.05) is 30.2 Å². The van der Waals surface area contributed by atoms with Crippen LogP contribution in [0.25, 0.3) is 4.85 Å². The van der Waals surface area contributed by atoms with E-state index in [1.54, 1.807) is 6.92 Å². The lowest BCUT2D eigenvalue weighted by molar-refractivity contribution is -0.130. The van der Waals surface area contributed by atoms with Crippen LogP contribution >= 0.6 is 27.7 Å². The van der Waals surface area contributed by atoms with Gasteiger partial charge >= 0.3 is 0 Å². The predicted octanol–water partition coefficient (Wildman–Crippen LogP) is 4.35. The molecule has 2 rings (SSSR count). The Balaban J connectivity index is 1.85. The van der Waals surface area contributed by atoms with Crippen LogP contribution < -0.4 is 0 Å². The minimum atomic E-state index is 0.186. The lowest BCUT2D eigenvalue weighted by Gasteiger charge is -2.31. The van der Waals surface area contributed by atoms with Crippen molar-refractivity contribution in [3.8, 4) is 0 Å². The first-order chi connectivity index (χ1) is 9.60.